The number of hydrogen-bond acceptors (Lipinski definition) is 0. The number of allylic oxidation sites excluding steroid dienone is 4. The molecule has 1 aliphatic heterocycles. The first kappa shape index (κ1) is 34.7. The zero-order valence-electron chi connectivity index (χ0n) is 26.1. The second-order valence-corrected chi connectivity index (χ2v) is 12.1. The zero-order valence-corrected chi connectivity index (χ0v) is 27.1. The maximum Gasteiger partial charge on any atom is 0.210 e. The van der Waals surface area contributed by atoms with Crippen LogP contribution in [0.15, 0.2) is 85.5 Å². The first-order valence-electron chi connectivity index (χ1n) is 15.9. The van der Waals surface area contributed by atoms with Gasteiger partial charge in [-0.25, -0.2) is 4.70 Å². The Morgan fingerprint density at radius 1 is 0.683 bits per heavy atom. The summed E-state index contributed by atoms with van der Waals surface area (Å²) in [7, 11) is 0. The van der Waals surface area contributed by atoms with E-state index in [1.807, 2.05) is 12.2 Å². The molecule has 3 rings (SSSR count). The van der Waals surface area contributed by atoms with Crippen LogP contribution in [0.4, 0.5) is 0 Å². The largest absolute Gasteiger partial charge is 0.493 e. The molecule has 0 radical (unpaired) electrons. The number of rotatable bonds is 19. The molecule has 1 aliphatic rings. The van der Waals surface area contributed by atoms with E-state index in [-0.39, 0.29) is 0 Å². The molecule has 0 unspecified atom stereocenters. The van der Waals surface area contributed by atoms with Crippen LogP contribution < -0.4 is 0 Å². The van der Waals surface area contributed by atoms with Crippen molar-refractivity contribution >= 4 is 11.4 Å². The first-order valence-corrected chi connectivity index (χ1v) is 17.3. The SMILES string of the molecule is C=C[CH2][Ni][CH2]C=C.CCCCCCCCC1=C(c2cccc(CCCC)c2)[N+](=[N-])C(c2cccc(CCCC)c2)=C1. The van der Waals surface area contributed by atoms with Gasteiger partial charge in [-0.3, -0.25) is 0 Å². The fourth-order valence-electron chi connectivity index (χ4n) is 5.05. The summed E-state index contributed by atoms with van der Waals surface area (Å²) in [5.41, 5.74) is 19.5. The topological polar surface area (TPSA) is 25.3 Å². The van der Waals surface area contributed by atoms with Crippen LogP contribution in [0.1, 0.15) is 114 Å². The predicted octanol–water partition coefficient (Wildman–Crippen LogP) is 12.2. The van der Waals surface area contributed by atoms with Crippen LogP contribution in [0.5, 0.6) is 0 Å². The minimum Gasteiger partial charge on any atom is -0.493 e. The Kier molecular flexibility index (Phi) is 18.0. The van der Waals surface area contributed by atoms with Gasteiger partial charge in [0.25, 0.3) is 0 Å². The molecule has 2 nitrogen and oxygen atoms in total. The van der Waals surface area contributed by atoms with Crippen molar-refractivity contribution in [2.75, 3.05) is 0 Å². The van der Waals surface area contributed by atoms with Crippen molar-refractivity contribution in [1.29, 1.82) is 0 Å². The quantitative estimate of drug-likeness (QED) is 0.0666. The smallest absolute Gasteiger partial charge is 0.210 e. The molecule has 0 saturated heterocycles. The number of nitrogens with zero attached hydrogens (tertiary/aromatic N) is 2. The Morgan fingerprint density at radius 3 is 1.80 bits per heavy atom. The summed E-state index contributed by atoms with van der Waals surface area (Å²) in [4.78, 5) is 0. The van der Waals surface area contributed by atoms with Crippen LogP contribution in [0.25, 0.3) is 16.9 Å². The summed E-state index contributed by atoms with van der Waals surface area (Å²) in [6, 6.07) is 17.5. The predicted molar refractivity (Wildman–Crippen MR) is 177 cm³/mol. The summed E-state index contributed by atoms with van der Waals surface area (Å²) < 4.78 is 1.46. The molecule has 0 aliphatic carbocycles. The van der Waals surface area contributed by atoms with Gasteiger partial charge in [0.05, 0.1) is 0 Å². The second kappa shape index (κ2) is 21.2. The summed E-state index contributed by atoms with van der Waals surface area (Å²) in [6.45, 7) is 13.9. The molecule has 3 heteroatoms. The Hall–Kier alpha value is -2.51. The summed E-state index contributed by atoms with van der Waals surface area (Å²) in [5, 5.41) is 2.11. The van der Waals surface area contributed by atoms with Crippen molar-refractivity contribution in [3.8, 4) is 0 Å². The molecular weight excluding hydrogens is 543 g/mol. The van der Waals surface area contributed by atoms with Gasteiger partial charge in [-0.05, 0) is 73.9 Å². The van der Waals surface area contributed by atoms with Crippen molar-refractivity contribution in [2.45, 2.75) is 115 Å². The second-order valence-electron chi connectivity index (χ2n) is 10.8. The summed E-state index contributed by atoms with van der Waals surface area (Å²) in [5.74, 6) is 0. The minimum atomic E-state index is 0.910. The molecule has 0 bridgehead atoms. The Bertz CT molecular complexity index is 1130. The number of unbranched alkanes of at least 4 members (excludes halogenated alkanes) is 7. The molecule has 2 aromatic carbocycles. The van der Waals surface area contributed by atoms with E-state index in [2.05, 4.69) is 88.5 Å². The molecule has 0 aromatic heterocycles. The number of hydrogen-bond donors (Lipinski definition) is 0. The van der Waals surface area contributed by atoms with Gasteiger partial charge in [-0.15, -0.1) is 0 Å². The molecule has 0 fully saturated rings. The molecule has 0 spiro atoms. The molecule has 0 atom stereocenters. The van der Waals surface area contributed by atoms with Crippen molar-refractivity contribution in [2.24, 2.45) is 0 Å². The van der Waals surface area contributed by atoms with Gasteiger partial charge in [-0.1, -0.05) is 90.0 Å². The van der Waals surface area contributed by atoms with Crippen LogP contribution in [0.3, 0.4) is 0 Å². The standard InChI is InChI=1S/C32H44N2.2C3H5.Ni/c1-4-7-10-11-12-13-20-30-25-31(28-21-14-18-26(23-28)16-8-5-2)34(33)32(30)29-22-15-19-27(24-29)17-9-6-3;2*1-3-2;/h14-15,18-19,21-25H,4-13,16-17,20H2,1-3H3;2*3H,1-2H2;. The van der Waals surface area contributed by atoms with Crippen LogP contribution in [0.2, 0.25) is 10.8 Å². The Morgan fingerprint density at radius 2 is 1.22 bits per heavy atom. The maximum atomic E-state index is 11.4. The molecular formula is C38H54N2Ni. The Balaban J connectivity index is 0.000000745. The van der Waals surface area contributed by atoms with Gasteiger partial charge < -0.3 is 5.53 Å². The fraction of sp³-hybridized carbons (Fsp3) is 0.474. The van der Waals surface area contributed by atoms with Crippen LogP contribution in [0, 0.1) is 0 Å². The van der Waals surface area contributed by atoms with E-state index >= 15 is 0 Å². The van der Waals surface area contributed by atoms with Crippen LogP contribution >= 0.6 is 0 Å². The van der Waals surface area contributed by atoms with Crippen molar-refractivity contribution in [1.82, 2.24) is 0 Å². The Labute approximate surface area is 258 Å². The van der Waals surface area contributed by atoms with Gasteiger partial charge >= 0.3 is 50.5 Å². The molecule has 1 heterocycles. The van der Waals surface area contributed by atoms with E-state index in [1.165, 1.54) is 85.6 Å². The monoisotopic (exact) mass is 596 g/mol. The van der Waals surface area contributed by atoms with Gasteiger partial charge in [0.1, 0.15) is 0 Å². The van der Waals surface area contributed by atoms with Crippen LogP contribution in [-0.4, -0.2) is 4.70 Å². The molecule has 226 valence electrons. The summed E-state index contributed by atoms with van der Waals surface area (Å²) >= 11 is 1.66. The van der Waals surface area contributed by atoms with E-state index in [1.54, 1.807) is 14.4 Å². The van der Waals surface area contributed by atoms with E-state index in [0.29, 0.717) is 0 Å². The normalized spacial score (nSPS) is 12.8. The van der Waals surface area contributed by atoms with Crippen molar-refractivity contribution in [3.05, 3.63) is 113 Å². The van der Waals surface area contributed by atoms with Gasteiger partial charge in [0, 0.05) is 22.8 Å². The third-order valence-electron chi connectivity index (χ3n) is 7.28. The van der Waals surface area contributed by atoms with E-state index in [4.69, 9.17) is 0 Å². The summed E-state index contributed by atoms with van der Waals surface area (Å²) in [6.07, 6.45) is 21.7. The fourth-order valence-corrected chi connectivity index (χ4v) is 5.62. The van der Waals surface area contributed by atoms with E-state index in [9.17, 15) is 5.53 Å². The average molecular weight is 598 g/mol. The number of benzene rings is 2. The third-order valence-corrected chi connectivity index (χ3v) is 8.42. The molecule has 41 heavy (non-hydrogen) atoms. The van der Waals surface area contributed by atoms with E-state index in [0.717, 1.165) is 52.6 Å². The molecule has 0 saturated carbocycles. The minimum absolute atomic E-state index is 0.910. The average Bonchev–Trinajstić information content (AvgIpc) is 3.33. The van der Waals surface area contributed by atoms with Crippen molar-refractivity contribution in [3.63, 3.8) is 0 Å². The van der Waals surface area contributed by atoms with Gasteiger partial charge in [-0.2, -0.15) is 0 Å². The number of aryl methyl sites for hydroxylation is 2. The first-order chi connectivity index (χ1) is 20.1. The molecule has 0 amide bonds. The maximum absolute atomic E-state index is 11.4. The van der Waals surface area contributed by atoms with Crippen molar-refractivity contribution < 1.29 is 19.1 Å². The molecule has 0 N–H and O–H groups in total. The molecule has 2 aromatic rings. The zero-order chi connectivity index (χ0) is 29.7. The third kappa shape index (κ3) is 12.5. The van der Waals surface area contributed by atoms with Gasteiger partial charge in [0.2, 0.25) is 11.4 Å². The van der Waals surface area contributed by atoms with Crippen LogP contribution in [-0.2, 0) is 27.3 Å². The van der Waals surface area contributed by atoms with Gasteiger partial charge in [0.15, 0.2) is 0 Å². The van der Waals surface area contributed by atoms with E-state index < -0.39 is 0 Å².